The Morgan fingerprint density at radius 3 is 2.55 bits per heavy atom. The fraction of sp³-hybridized carbons (Fsp3) is 0.308. The molecule has 0 bridgehead atoms. The summed E-state index contributed by atoms with van der Waals surface area (Å²) in [6.45, 7) is 6.52. The summed E-state index contributed by atoms with van der Waals surface area (Å²) in [7, 11) is 0. The van der Waals surface area contributed by atoms with Crippen molar-refractivity contribution in [1.29, 1.82) is 0 Å². The second kappa shape index (κ2) is 9.88. The first kappa shape index (κ1) is 23.8. The predicted octanol–water partition coefficient (Wildman–Crippen LogP) is 6.39. The van der Waals surface area contributed by atoms with Gasteiger partial charge in [-0.2, -0.15) is 0 Å². The minimum Gasteiger partial charge on any atom is -0.330 e. The number of halogens is 2. The number of hydrogen-bond acceptors (Lipinski definition) is 3. The van der Waals surface area contributed by atoms with Crippen molar-refractivity contribution in [2.75, 3.05) is 13.1 Å². The fourth-order valence-electron chi connectivity index (χ4n) is 4.33. The van der Waals surface area contributed by atoms with Gasteiger partial charge in [0.1, 0.15) is 6.54 Å². The van der Waals surface area contributed by atoms with Crippen LogP contribution in [0, 0.1) is 6.92 Å². The summed E-state index contributed by atoms with van der Waals surface area (Å²) in [5, 5.41) is 2.80. The molecule has 0 radical (unpaired) electrons. The molecule has 0 aliphatic carbocycles. The third-order valence-corrected chi connectivity index (χ3v) is 7.86. The molecule has 2 aromatic carbocycles. The van der Waals surface area contributed by atoms with E-state index < -0.39 is 0 Å². The number of aryl methyl sites for hydroxylation is 1. The van der Waals surface area contributed by atoms with Crippen molar-refractivity contribution < 1.29 is 9.59 Å². The number of fused-ring (bicyclic) bond motifs is 1. The van der Waals surface area contributed by atoms with Gasteiger partial charge in [-0.3, -0.25) is 9.59 Å². The molecular weight excluding hydrogens is 475 g/mol. The van der Waals surface area contributed by atoms with Gasteiger partial charge in [-0.1, -0.05) is 47.5 Å². The molecule has 2 heterocycles. The molecule has 4 rings (SSSR count). The van der Waals surface area contributed by atoms with E-state index in [1.807, 2.05) is 30.9 Å². The lowest BCUT2D eigenvalue weighted by molar-refractivity contribution is -0.134. The Morgan fingerprint density at radius 1 is 1.09 bits per heavy atom. The number of rotatable bonds is 5. The van der Waals surface area contributed by atoms with Crippen LogP contribution in [-0.2, 0) is 11.2 Å². The maximum absolute atomic E-state index is 13.7. The third-order valence-electron chi connectivity index (χ3n) is 6.13. The van der Waals surface area contributed by atoms with E-state index in [2.05, 4.69) is 30.5 Å². The Bertz CT molecular complexity index is 1190. The maximum atomic E-state index is 13.7. The Labute approximate surface area is 208 Å². The summed E-state index contributed by atoms with van der Waals surface area (Å²) in [6, 6.07) is 14.8. The zero-order chi connectivity index (χ0) is 23.7. The van der Waals surface area contributed by atoms with Crippen LogP contribution in [0.1, 0.15) is 51.8 Å². The molecular formula is C26H26Cl2N2O2S. The van der Waals surface area contributed by atoms with Crippen LogP contribution in [0.2, 0.25) is 10.0 Å². The van der Waals surface area contributed by atoms with E-state index in [1.54, 1.807) is 34.4 Å². The summed E-state index contributed by atoms with van der Waals surface area (Å²) in [4.78, 5) is 31.8. The molecule has 1 unspecified atom stereocenters. The van der Waals surface area contributed by atoms with E-state index in [1.165, 1.54) is 10.4 Å². The van der Waals surface area contributed by atoms with Crippen LogP contribution < -0.4 is 0 Å². The monoisotopic (exact) mass is 500 g/mol. The quantitative estimate of drug-likeness (QED) is 0.407. The first-order valence-corrected chi connectivity index (χ1v) is 12.6. The van der Waals surface area contributed by atoms with Gasteiger partial charge in [0.05, 0.1) is 16.1 Å². The maximum Gasteiger partial charge on any atom is 0.254 e. The number of benzene rings is 2. The lowest BCUT2D eigenvalue weighted by Crippen LogP contribution is -2.48. The van der Waals surface area contributed by atoms with Crippen LogP contribution >= 0.6 is 34.5 Å². The summed E-state index contributed by atoms with van der Waals surface area (Å²) in [6.07, 6.45) is 0.823. The van der Waals surface area contributed by atoms with Gasteiger partial charge >= 0.3 is 0 Å². The van der Waals surface area contributed by atoms with E-state index in [4.69, 9.17) is 23.2 Å². The molecule has 3 aromatic rings. The Balaban J connectivity index is 1.64. The van der Waals surface area contributed by atoms with E-state index in [9.17, 15) is 9.59 Å². The van der Waals surface area contributed by atoms with Crippen LogP contribution in [0.4, 0.5) is 0 Å². The van der Waals surface area contributed by atoms with Gasteiger partial charge in [0.25, 0.3) is 5.91 Å². The van der Waals surface area contributed by atoms with Crippen molar-refractivity contribution in [1.82, 2.24) is 9.80 Å². The fourth-order valence-corrected chi connectivity index (χ4v) is 5.54. The molecule has 1 aromatic heterocycles. The van der Waals surface area contributed by atoms with Crippen molar-refractivity contribution in [3.8, 4) is 0 Å². The molecule has 0 N–H and O–H groups in total. The average Bonchev–Trinajstić information content (AvgIpc) is 3.27. The van der Waals surface area contributed by atoms with Gasteiger partial charge in [0.2, 0.25) is 5.91 Å². The molecule has 1 atom stereocenters. The van der Waals surface area contributed by atoms with Crippen molar-refractivity contribution in [3.05, 3.63) is 91.1 Å². The zero-order valence-corrected chi connectivity index (χ0v) is 21.2. The normalized spacial score (nSPS) is 15.5. The standard InChI is InChI=1S/C26H26Cl2N2O2S/c1-16(2)30(26(32)18-8-9-21(27)22(28)14-18)15-24(31)29-12-10-23-20(11-13-33-23)25(29)19-7-5-4-6-17(19)3/h4-9,11,13-14,16,25H,10,12,15H2,1-3H3. The highest BCUT2D eigenvalue weighted by Gasteiger charge is 2.35. The second-order valence-electron chi connectivity index (χ2n) is 8.55. The van der Waals surface area contributed by atoms with Crippen LogP contribution in [0.25, 0.3) is 0 Å². The van der Waals surface area contributed by atoms with Crippen molar-refractivity contribution in [2.45, 2.75) is 39.3 Å². The minimum absolute atomic E-state index is 0.00139. The van der Waals surface area contributed by atoms with Gasteiger partial charge < -0.3 is 9.80 Å². The lowest BCUT2D eigenvalue weighted by Gasteiger charge is -2.38. The first-order valence-electron chi connectivity index (χ1n) is 10.9. The number of hydrogen-bond donors (Lipinski definition) is 0. The molecule has 172 valence electrons. The lowest BCUT2D eigenvalue weighted by atomic mass is 9.90. The van der Waals surface area contributed by atoms with E-state index in [0.717, 1.165) is 17.5 Å². The van der Waals surface area contributed by atoms with Gasteiger partial charge in [0.15, 0.2) is 0 Å². The summed E-state index contributed by atoms with van der Waals surface area (Å²) in [5.41, 5.74) is 3.87. The SMILES string of the molecule is Cc1ccccc1C1c2ccsc2CCN1C(=O)CN(C(=O)c1ccc(Cl)c(Cl)c1)C(C)C. The van der Waals surface area contributed by atoms with Gasteiger partial charge in [0, 0.05) is 23.0 Å². The Kier molecular flexibility index (Phi) is 7.13. The molecule has 4 nitrogen and oxygen atoms in total. The molecule has 1 aliphatic heterocycles. The molecule has 33 heavy (non-hydrogen) atoms. The smallest absolute Gasteiger partial charge is 0.254 e. The molecule has 7 heteroatoms. The largest absolute Gasteiger partial charge is 0.330 e. The van der Waals surface area contributed by atoms with Crippen LogP contribution in [0.15, 0.2) is 53.9 Å². The number of thiophene rings is 1. The molecule has 0 saturated carbocycles. The molecule has 0 saturated heterocycles. The molecule has 2 amide bonds. The van der Waals surface area contributed by atoms with Gasteiger partial charge in [-0.05, 0) is 73.5 Å². The zero-order valence-electron chi connectivity index (χ0n) is 18.8. The van der Waals surface area contributed by atoms with Crippen LogP contribution in [-0.4, -0.2) is 40.7 Å². The molecule has 1 aliphatic rings. The predicted molar refractivity (Wildman–Crippen MR) is 135 cm³/mol. The summed E-state index contributed by atoms with van der Waals surface area (Å²) >= 11 is 13.9. The summed E-state index contributed by atoms with van der Waals surface area (Å²) in [5.74, 6) is -0.306. The Morgan fingerprint density at radius 2 is 1.85 bits per heavy atom. The highest BCUT2D eigenvalue weighted by molar-refractivity contribution is 7.10. The van der Waals surface area contributed by atoms with Gasteiger partial charge in [-0.25, -0.2) is 0 Å². The number of carbonyl (C=O) groups is 2. The molecule has 0 fully saturated rings. The van der Waals surface area contributed by atoms with Crippen LogP contribution in [0.3, 0.4) is 0 Å². The topological polar surface area (TPSA) is 40.6 Å². The Hall–Kier alpha value is -2.34. The summed E-state index contributed by atoms with van der Waals surface area (Å²) < 4.78 is 0. The highest BCUT2D eigenvalue weighted by atomic mass is 35.5. The van der Waals surface area contributed by atoms with E-state index in [-0.39, 0.29) is 30.4 Å². The van der Waals surface area contributed by atoms with Crippen molar-refractivity contribution in [2.24, 2.45) is 0 Å². The first-order chi connectivity index (χ1) is 15.8. The van der Waals surface area contributed by atoms with E-state index in [0.29, 0.717) is 22.2 Å². The highest BCUT2D eigenvalue weighted by Crippen LogP contribution is 2.39. The number of amides is 2. The van der Waals surface area contributed by atoms with Crippen molar-refractivity contribution >= 4 is 46.4 Å². The van der Waals surface area contributed by atoms with Crippen molar-refractivity contribution in [3.63, 3.8) is 0 Å². The third kappa shape index (κ3) is 4.81. The van der Waals surface area contributed by atoms with Crippen LogP contribution in [0.5, 0.6) is 0 Å². The van der Waals surface area contributed by atoms with E-state index >= 15 is 0 Å². The number of nitrogens with zero attached hydrogens (tertiary/aromatic N) is 2. The van der Waals surface area contributed by atoms with Gasteiger partial charge in [-0.15, -0.1) is 11.3 Å². The number of carbonyl (C=O) groups excluding carboxylic acids is 2. The second-order valence-corrected chi connectivity index (χ2v) is 10.4. The average molecular weight is 501 g/mol. The minimum atomic E-state index is -0.238. The molecule has 0 spiro atoms.